The first-order valence-corrected chi connectivity index (χ1v) is 7.11. The van der Waals surface area contributed by atoms with Crippen molar-refractivity contribution in [3.05, 3.63) is 35.4 Å². The van der Waals surface area contributed by atoms with Crippen LogP contribution in [0.1, 0.15) is 30.2 Å². The fraction of sp³-hybridized carbons (Fsp3) is 0.571. The monoisotopic (exact) mass is 333 g/mol. The average Bonchev–Trinajstić information content (AvgIpc) is 3.00. The SMILES string of the molecule is CCCn1cc(CNCc2cnn(CC(F)F)c2C)cn1.Cl. The normalized spacial score (nSPS) is 11.0. The van der Waals surface area contributed by atoms with Crippen LogP contribution in [-0.2, 0) is 26.2 Å². The number of nitrogens with zero attached hydrogens (tertiary/aromatic N) is 4. The van der Waals surface area contributed by atoms with Gasteiger partial charge in [-0.15, -0.1) is 12.4 Å². The summed E-state index contributed by atoms with van der Waals surface area (Å²) in [7, 11) is 0. The molecule has 0 aliphatic heterocycles. The van der Waals surface area contributed by atoms with Crippen LogP contribution in [0, 0.1) is 6.92 Å². The van der Waals surface area contributed by atoms with Crippen LogP contribution in [0.15, 0.2) is 18.6 Å². The van der Waals surface area contributed by atoms with E-state index < -0.39 is 6.43 Å². The van der Waals surface area contributed by atoms with Gasteiger partial charge in [-0.05, 0) is 13.3 Å². The second kappa shape index (κ2) is 8.85. The van der Waals surface area contributed by atoms with Gasteiger partial charge in [0.05, 0.1) is 12.4 Å². The summed E-state index contributed by atoms with van der Waals surface area (Å²) in [6, 6.07) is 0. The molecule has 0 aromatic carbocycles. The Morgan fingerprint density at radius 3 is 2.68 bits per heavy atom. The summed E-state index contributed by atoms with van der Waals surface area (Å²) in [5, 5.41) is 11.5. The first-order valence-electron chi connectivity index (χ1n) is 7.11. The van der Waals surface area contributed by atoms with E-state index in [2.05, 4.69) is 22.4 Å². The fourth-order valence-electron chi connectivity index (χ4n) is 2.16. The number of hydrogen-bond acceptors (Lipinski definition) is 3. The Hall–Kier alpha value is -1.47. The van der Waals surface area contributed by atoms with Crippen molar-refractivity contribution >= 4 is 12.4 Å². The highest BCUT2D eigenvalue weighted by Crippen LogP contribution is 2.09. The highest BCUT2D eigenvalue weighted by molar-refractivity contribution is 5.85. The molecule has 0 bridgehead atoms. The molecule has 124 valence electrons. The Kier molecular flexibility index (Phi) is 7.47. The van der Waals surface area contributed by atoms with E-state index in [1.807, 2.05) is 24.0 Å². The molecule has 2 heterocycles. The van der Waals surface area contributed by atoms with Crippen LogP contribution in [0.4, 0.5) is 8.78 Å². The van der Waals surface area contributed by atoms with E-state index in [0.29, 0.717) is 13.1 Å². The number of rotatable bonds is 8. The fourth-order valence-corrected chi connectivity index (χ4v) is 2.16. The third-order valence-electron chi connectivity index (χ3n) is 3.30. The van der Waals surface area contributed by atoms with E-state index >= 15 is 0 Å². The number of hydrogen-bond donors (Lipinski definition) is 1. The maximum Gasteiger partial charge on any atom is 0.257 e. The average molecular weight is 334 g/mol. The lowest BCUT2D eigenvalue weighted by Crippen LogP contribution is -2.14. The van der Waals surface area contributed by atoms with Crippen molar-refractivity contribution in [2.45, 2.75) is 52.9 Å². The van der Waals surface area contributed by atoms with Crippen LogP contribution in [0.25, 0.3) is 0 Å². The second-order valence-electron chi connectivity index (χ2n) is 5.04. The van der Waals surface area contributed by atoms with Gasteiger partial charge in [0.2, 0.25) is 0 Å². The quantitative estimate of drug-likeness (QED) is 0.808. The Bertz CT molecular complexity index is 567. The summed E-state index contributed by atoms with van der Waals surface area (Å²) >= 11 is 0. The number of aromatic nitrogens is 4. The van der Waals surface area contributed by atoms with Crippen molar-refractivity contribution in [3.63, 3.8) is 0 Å². The van der Waals surface area contributed by atoms with Crippen molar-refractivity contribution in [2.24, 2.45) is 0 Å². The molecule has 8 heteroatoms. The van der Waals surface area contributed by atoms with Crippen LogP contribution in [-0.4, -0.2) is 26.0 Å². The zero-order chi connectivity index (χ0) is 15.2. The molecule has 0 aliphatic carbocycles. The standard InChI is InChI=1S/C14H21F2N5.ClH/c1-3-4-20-9-12(6-18-20)5-17-7-13-8-19-21(11(13)2)10-14(15)16;/h6,8-9,14,17H,3-5,7,10H2,1-2H3;1H. The highest BCUT2D eigenvalue weighted by atomic mass is 35.5. The van der Waals surface area contributed by atoms with Gasteiger partial charge in [-0.1, -0.05) is 6.92 Å². The lowest BCUT2D eigenvalue weighted by Gasteiger charge is -2.05. The second-order valence-corrected chi connectivity index (χ2v) is 5.04. The molecule has 22 heavy (non-hydrogen) atoms. The molecule has 0 fully saturated rings. The third kappa shape index (κ3) is 5.06. The van der Waals surface area contributed by atoms with Crippen molar-refractivity contribution in [1.82, 2.24) is 24.9 Å². The van der Waals surface area contributed by atoms with Gasteiger partial charge in [-0.3, -0.25) is 9.36 Å². The predicted molar refractivity (Wildman–Crippen MR) is 83.3 cm³/mol. The van der Waals surface area contributed by atoms with Gasteiger partial charge >= 0.3 is 0 Å². The van der Waals surface area contributed by atoms with Crippen molar-refractivity contribution in [2.75, 3.05) is 0 Å². The molecular weight excluding hydrogens is 312 g/mol. The van der Waals surface area contributed by atoms with E-state index in [1.165, 1.54) is 4.68 Å². The molecule has 0 aliphatic rings. The summed E-state index contributed by atoms with van der Waals surface area (Å²) < 4.78 is 28.0. The minimum atomic E-state index is -2.38. The van der Waals surface area contributed by atoms with Crippen LogP contribution >= 0.6 is 12.4 Å². The Morgan fingerprint density at radius 1 is 1.23 bits per heavy atom. The van der Waals surface area contributed by atoms with Gasteiger partial charge in [-0.2, -0.15) is 10.2 Å². The molecule has 0 unspecified atom stereocenters. The lowest BCUT2D eigenvalue weighted by molar-refractivity contribution is 0.121. The van der Waals surface area contributed by atoms with Crippen LogP contribution in [0.2, 0.25) is 0 Å². The number of halogens is 3. The molecular formula is C14H22ClF2N5. The number of aryl methyl sites for hydroxylation is 1. The Morgan fingerprint density at radius 2 is 2.00 bits per heavy atom. The smallest absolute Gasteiger partial charge is 0.257 e. The maximum absolute atomic E-state index is 12.4. The molecule has 2 aromatic rings. The lowest BCUT2D eigenvalue weighted by atomic mass is 10.2. The zero-order valence-corrected chi connectivity index (χ0v) is 13.6. The van der Waals surface area contributed by atoms with Crippen molar-refractivity contribution < 1.29 is 8.78 Å². The largest absolute Gasteiger partial charge is 0.308 e. The molecule has 0 spiro atoms. The highest BCUT2D eigenvalue weighted by Gasteiger charge is 2.10. The van der Waals surface area contributed by atoms with Gasteiger partial charge in [0.1, 0.15) is 6.54 Å². The summed E-state index contributed by atoms with van der Waals surface area (Å²) in [5.74, 6) is 0. The van der Waals surface area contributed by atoms with E-state index in [1.54, 1.807) is 6.20 Å². The van der Waals surface area contributed by atoms with Gasteiger partial charge in [0.25, 0.3) is 6.43 Å². The molecule has 2 aromatic heterocycles. The van der Waals surface area contributed by atoms with Crippen molar-refractivity contribution in [3.8, 4) is 0 Å². The first kappa shape index (κ1) is 18.6. The van der Waals surface area contributed by atoms with E-state index in [9.17, 15) is 8.78 Å². The Balaban J connectivity index is 0.00000242. The number of alkyl halides is 2. The van der Waals surface area contributed by atoms with Gasteiger partial charge in [0, 0.05) is 42.7 Å². The molecule has 0 radical (unpaired) electrons. The van der Waals surface area contributed by atoms with Gasteiger partial charge in [-0.25, -0.2) is 8.78 Å². The minimum absolute atomic E-state index is 0. The predicted octanol–water partition coefficient (Wildman–Crippen LogP) is 2.77. The maximum atomic E-state index is 12.4. The molecule has 2 rings (SSSR count). The molecule has 0 saturated carbocycles. The van der Waals surface area contributed by atoms with Gasteiger partial charge in [0.15, 0.2) is 0 Å². The van der Waals surface area contributed by atoms with Crippen LogP contribution in [0.3, 0.4) is 0 Å². The number of nitrogens with one attached hydrogen (secondary N) is 1. The summed E-state index contributed by atoms with van der Waals surface area (Å²) in [6.45, 7) is 5.79. The first-order chi connectivity index (χ1) is 10.1. The van der Waals surface area contributed by atoms with E-state index in [-0.39, 0.29) is 19.0 Å². The topological polar surface area (TPSA) is 47.7 Å². The third-order valence-corrected chi connectivity index (χ3v) is 3.30. The van der Waals surface area contributed by atoms with E-state index in [0.717, 1.165) is 29.8 Å². The van der Waals surface area contributed by atoms with Crippen molar-refractivity contribution in [1.29, 1.82) is 0 Å². The van der Waals surface area contributed by atoms with Crippen LogP contribution < -0.4 is 5.32 Å². The molecule has 0 saturated heterocycles. The molecule has 0 amide bonds. The summed E-state index contributed by atoms with van der Waals surface area (Å²) in [6.07, 6.45) is 4.18. The van der Waals surface area contributed by atoms with Crippen LogP contribution in [0.5, 0.6) is 0 Å². The Labute approximate surface area is 135 Å². The molecule has 0 atom stereocenters. The summed E-state index contributed by atoms with van der Waals surface area (Å²) in [4.78, 5) is 0. The van der Waals surface area contributed by atoms with E-state index in [4.69, 9.17) is 0 Å². The van der Waals surface area contributed by atoms with Gasteiger partial charge < -0.3 is 5.32 Å². The summed E-state index contributed by atoms with van der Waals surface area (Å²) in [5.41, 5.74) is 2.84. The minimum Gasteiger partial charge on any atom is -0.308 e. The molecule has 5 nitrogen and oxygen atoms in total. The zero-order valence-electron chi connectivity index (χ0n) is 12.8. The molecule has 1 N–H and O–H groups in total.